The molecule has 0 saturated carbocycles. The third-order valence-electron chi connectivity index (χ3n) is 2.61. The fraction of sp³-hybridized carbons (Fsp3) is 0.538. The quantitative estimate of drug-likeness (QED) is 0.837. The van der Waals surface area contributed by atoms with Gasteiger partial charge in [0.1, 0.15) is 0 Å². The summed E-state index contributed by atoms with van der Waals surface area (Å²) in [6.45, 7) is 4.20. The van der Waals surface area contributed by atoms with Crippen molar-refractivity contribution < 1.29 is 5.11 Å². The molecule has 96 valence electrons. The van der Waals surface area contributed by atoms with Crippen molar-refractivity contribution >= 4 is 23.4 Å². The van der Waals surface area contributed by atoms with E-state index in [2.05, 4.69) is 6.92 Å². The normalized spacial score (nSPS) is 16.5. The molecule has 4 heteroatoms. The minimum Gasteiger partial charge on any atom is -0.389 e. The van der Waals surface area contributed by atoms with Gasteiger partial charge in [-0.3, -0.25) is 0 Å². The van der Waals surface area contributed by atoms with Gasteiger partial charge in [-0.2, -0.15) is 11.8 Å². The van der Waals surface area contributed by atoms with Crippen molar-refractivity contribution in [3.05, 3.63) is 34.9 Å². The highest BCUT2D eigenvalue weighted by atomic mass is 35.5. The topological polar surface area (TPSA) is 46.2 Å². The lowest BCUT2D eigenvalue weighted by atomic mass is 10.0. The molecule has 2 nitrogen and oxygen atoms in total. The standard InChI is InChI=1S/C13H20ClNOS/c1-10(7-13(2,16)9-15)17-8-11-3-5-12(14)6-4-11/h3-6,10,16H,7-9,15H2,1-2H3. The maximum Gasteiger partial charge on any atom is 0.0751 e. The Morgan fingerprint density at radius 2 is 2.00 bits per heavy atom. The largest absolute Gasteiger partial charge is 0.389 e. The second kappa shape index (κ2) is 6.64. The molecule has 0 amide bonds. The van der Waals surface area contributed by atoms with Crippen molar-refractivity contribution in [2.75, 3.05) is 6.54 Å². The van der Waals surface area contributed by atoms with Crippen LogP contribution < -0.4 is 5.73 Å². The van der Waals surface area contributed by atoms with Crippen LogP contribution in [0.5, 0.6) is 0 Å². The molecule has 1 aromatic rings. The Morgan fingerprint density at radius 1 is 1.41 bits per heavy atom. The van der Waals surface area contributed by atoms with E-state index in [-0.39, 0.29) is 0 Å². The van der Waals surface area contributed by atoms with Crippen LogP contribution in [0.25, 0.3) is 0 Å². The average molecular weight is 274 g/mol. The minimum absolute atomic E-state index is 0.304. The van der Waals surface area contributed by atoms with Crippen molar-refractivity contribution in [3.8, 4) is 0 Å². The van der Waals surface area contributed by atoms with Gasteiger partial charge in [0.15, 0.2) is 0 Å². The number of nitrogens with two attached hydrogens (primary N) is 1. The van der Waals surface area contributed by atoms with Crippen LogP contribution in [0.3, 0.4) is 0 Å². The smallest absolute Gasteiger partial charge is 0.0751 e. The fourth-order valence-electron chi connectivity index (χ4n) is 1.58. The van der Waals surface area contributed by atoms with E-state index in [1.165, 1.54) is 5.56 Å². The molecule has 2 unspecified atom stereocenters. The van der Waals surface area contributed by atoms with Gasteiger partial charge in [-0.1, -0.05) is 30.7 Å². The number of hydrogen-bond donors (Lipinski definition) is 2. The van der Waals surface area contributed by atoms with Crippen LogP contribution in [-0.4, -0.2) is 22.5 Å². The number of hydrogen-bond acceptors (Lipinski definition) is 3. The highest BCUT2D eigenvalue weighted by Crippen LogP contribution is 2.25. The predicted octanol–water partition coefficient (Wildman–Crippen LogP) is 3.06. The van der Waals surface area contributed by atoms with Gasteiger partial charge in [0.2, 0.25) is 0 Å². The van der Waals surface area contributed by atoms with Gasteiger partial charge >= 0.3 is 0 Å². The summed E-state index contributed by atoms with van der Waals surface area (Å²) in [5.74, 6) is 0.930. The summed E-state index contributed by atoms with van der Waals surface area (Å²) in [7, 11) is 0. The Bertz CT molecular complexity index is 340. The van der Waals surface area contributed by atoms with Gasteiger partial charge in [0.25, 0.3) is 0 Å². The summed E-state index contributed by atoms with van der Waals surface area (Å²) in [4.78, 5) is 0. The van der Waals surface area contributed by atoms with E-state index >= 15 is 0 Å². The number of halogens is 1. The molecule has 0 spiro atoms. The van der Waals surface area contributed by atoms with E-state index in [0.29, 0.717) is 18.2 Å². The van der Waals surface area contributed by atoms with Gasteiger partial charge in [-0.25, -0.2) is 0 Å². The first-order chi connectivity index (χ1) is 7.93. The van der Waals surface area contributed by atoms with Crippen LogP contribution >= 0.6 is 23.4 Å². The summed E-state index contributed by atoms with van der Waals surface area (Å²) >= 11 is 7.65. The molecule has 0 bridgehead atoms. The third kappa shape index (κ3) is 5.77. The summed E-state index contributed by atoms with van der Waals surface area (Å²) in [5.41, 5.74) is 6.00. The van der Waals surface area contributed by atoms with Crippen LogP contribution in [-0.2, 0) is 5.75 Å². The van der Waals surface area contributed by atoms with Crippen LogP contribution in [0.15, 0.2) is 24.3 Å². The van der Waals surface area contributed by atoms with Gasteiger partial charge in [-0.15, -0.1) is 0 Å². The molecule has 0 fully saturated rings. The van der Waals surface area contributed by atoms with Crippen molar-refractivity contribution in [3.63, 3.8) is 0 Å². The zero-order chi connectivity index (χ0) is 12.9. The Hall–Kier alpha value is -0.220. The van der Waals surface area contributed by atoms with Crippen LogP contribution in [0.2, 0.25) is 5.02 Å². The van der Waals surface area contributed by atoms with Gasteiger partial charge in [0, 0.05) is 22.6 Å². The molecule has 0 aliphatic rings. The molecule has 1 rings (SSSR count). The SMILES string of the molecule is CC(CC(C)(O)CN)SCc1ccc(Cl)cc1. The molecule has 2 atom stereocenters. The van der Waals surface area contributed by atoms with E-state index in [9.17, 15) is 5.11 Å². The van der Waals surface area contributed by atoms with Crippen LogP contribution in [0.1, 0.15) is 25.8 Å². The van der Waals surface area contributed by atoms with Crippen LogP contribution in [0.4, 0.5) is 0 Å². The number of thioether (sulfide) groups is 1. The Morgan fingerprint density at radius 3 is 2.53 bits per heavy atom. The maximum atomic E-state index is 9.87. The number of benzene rings is 1. The first kappa shape index (κ1) is 14.8. The summed E-state index contributed by atoms with van der Waals surface area (Å²) in [6, 6.07) is 7.86. The molecule has 0 aliphatic heterocycles. The molecule has 17 heavy (non-hydrogen) atoms. The zero-order valence-corrected chi connectivity index (χ0v) is 11.9. The molecule has 3 N–H and O–H groups in total. The molecule has 0 aliphatic carbocycles. The minimum atomic E-state index is -0.758. The summed E-state index contributed by atoms with van der Waals surface area (Å²) in [6.07, 6.45) is 0.710. The average Bonchev–Trinajstić information content (AvgIpc) is 2.28. The number of rotatable bonds is 6. The molecule has 1 aromatic carbocycles. The van der Waals surface area contributed by atoms with Crippen molar-refractivity contribution in [1.82, 2.24) is 0 Å². The monoisotopic (exact) mass is 273 g/mol. The highest BCUT2D eigenvalue weighted by Gasteiger charge is 2.21. The van der Waals surface area contributed by atoms with Gasteiger partial charge in [-0.05, 0) is 31.0 Å². The first-order valence-corrected chi connectivity index (χ1v) is 7.14. The predicted molar refractivity (Wildman–Crippen MR) is 76.5 cm³/mol. The van der Waals surface area contributed by atoms with Crippen molar-refractivity contribution in [2.45, 2.75) is 36.9 Å². The van der Waals surface area contributed by atoms with E-state index in [1.54, 1.807) is 6.92 Å². The molecular formula is C13H20ClNOS. The van der Waals surface area contributed by atoms with Gasteiger partial charge in [0.05, 0.1) is 5.60 Å². The summed E-state index contributed by atoms with van der Waals surface area (Å²) in [5, 5.41) is 11.0. The van der Waals surface area contributed by atoms with E-state index in [1.807, 2.05) is 36.0 Å². The maximum absolute atomic E-state index is 9.87. The highest BCUT2D eigenvalue weighted by molar-refractivity contribution is 7.99. The lowest BCUT2D eigenvalue weighted by Gasteiger charge is -2.24. The Labute approximate surface area is 113 Å². The zero-order valence-electron chi connectivity index (χ0n) is 10.3. The van der Waals surface area contributed by atoms with E-state index in [0.717, 1.165) is 10.8 Å². The Balaban J connectivity index is 2.38. The van der Waals surface area contributed by atoms with E-state index in [4.69, 9.17) is 17.3 Å². The second-order valence-corrected chi connectivity index (χ2v) is 6.52. The van der Waals surface area contributed by atoms with E-state index < -0.39 is 5.60 Å². The molecular weight excluding hydrogens is 254 g/mol. The number of aliphatic hydroxyl groups is 1. The van der Waals surface area contributed by atoms with Crippen molar-refractivity contribution in [2.24, 2.45) is 5.73 Å². The molecule has 0 radical (unpaired) electrons. The van der Waals surface area contributed by atoms with Gasteiger partial charge < -0.3 is 10.8 Å². The Kier molecular flexibility index (Phi) is 5.80. The molecule has 0 saturated heterocycles. The molecule has 0 aromatic heterocycles. The lowest BCUT2D eigenvalue weighted by Crippen LogP contribution is -2.36. The molecule has 0 heterocycles. The van der Waals surface area contributed by atoms with Crippen LogP contribution in [0, 0.1) is 0 Å². The summed E-state index contributed by atoms with van der Waals surface area (Å²) < 4.78 is 0. The third-order valence-corrected chi connectivity index (χ3v) is 4.10. The fourth-order valence-corrected chi connectivity index (χ4v) is 2.85. The second-order valence-electron chi connectivity index (χ2n) is 4.65. The first-order valence-electron chi connectivity index (χ1n) is 5.71. The lowest BCUT2D eigenvalue weighted by molar-refractivity contribution is 0.0608. The van der Waals surface area contributed by atoms with Crippen molar-refractivity contribution in [1.29, 1.82) is 0 Å².